The first-order chi connectivity index (χ1) is 8.65. The molecule has 0 saturated heterocycles. The van der Waals surface area contributed by atoms with E-state index in [0.29, 0.717) is 5.69 Å². The normalized spacial score (nSPS) is 11.2. The van der Waals surface area contributed by atoms with Gasteiger partial charge in [0.15, 0.2) is 0 Å². The van der Waals surface area contributed by atoms with E-state index in [1.165, 1.54) is 0 Å². The first kappa shape index (κ1) is 10.8. The second-order valence-corrected chi connectivity index (χ2v) is 4.39. The number of hydrogen-bond acceptors (Lipinski definition) is 2. The van der Waals surface area contributed by atoms with Gasteiger partial charge in [-0.05, 0) is 23.9 Å². The fourth-order valence-electron chi connectivity index (χ4n) is 2.28. The Kier molecular flexibility index (Phi) is 2.30. The van der Waals surface area contributed by atoms with Crippen LogP contribution >= 0.6 is 0 Å². The largest absolute Gasteiger partial charge is 0.481 e. The van der Waals surface area contributed by atoms with Gasteiger partial charge >= 0.3 is 5.97 Å². The number of imidazole rings is 1. The maximum atomic E-state index is 10.7. The molecule has 0 aliphatic rings. The molecule has 1 N–H and O–H groups in total. The average molecular weight is 240 g/mol. The van der Waals surface area contributed by atoms with Gasteiger partial charge in [-0.1, -0.05) is 18.2 Å². The van der Waals surface area contributed by atoms with Crippen molar-refractivity contribution >= 4 is 22.4 Å². The van der Waals surface area contributed by atoms with Gasteiger partial charge in [-0.3, -0.25) is 4.79 Å². The zero-order chi connectivity index (χ0) is 12.7. The molecular formula is C14H12N2O2. The summed E-state index contributed by atoms with van der Waals surface area (Å²) in [6.45, 7) is 2.04. The fourth-order valence-corrected chi connectivity index (χ4v) is 2.28. The van der Waals surface area contributed by atoms with Crippen LogP contribution in [0.5, 0.6) is 0 Å². The summed E-state index contributed by atoms with van der Waals surface area (Å²) in [5, 5.41) is 11.0. The lowest BCUT2D eigenvalue weighted by Crippen LogP contribution is -1.99. The maximum Gasteiger partial charge on any atom is 0.309 e. The van der Waals surface area contributed by atoms with E-state index in [1.807, 2.05) is 41.8 Å². The van der Waals surface area contributed by atoms with Crippen LogP contribution in [-0.2, 0) is 11.2 Å². The van der Waals surface area contributed by atoms with Crippen LogP contribution in [0.15, 0.2) is 36.7 Å². The summed E-state index contributed by atoms with van der Waals surface area (Å²) in [7, 11) is 0. The summed E-state index contributed by atoms with van der Waals surface area (Å²) in [6, 6.07) is 8.10. The van der Waals surface area contributed by atoms with Gasteiger partial charge in [0.1, 0.15) is 5.65 Å². The molecular weight excluding hydrogens is 228 g/mol. The summed E-state index contributed by atoms with van der Waals surface area (Å²) in [6.07, 6.45) is 3.64. The smallest absolute Gasteiger partial charge is 0.309 e. The quantitative estimate of drug-likeness (QED) is 0.748. The Hall–Kier alpha value is -2.36. The minimum atomic E-state index is -0.862. The molecule has 0 spiro atoms. The van der Waals surface area contributed by atoms with Gasteiger partial charge in [0.25, 0.3) is 0 Å². The van der Waals surface area contributed by atoms with Crippen LogP contribution in [0.1, 0.15) is 11.3 Å². The van der Waals surface area contributed by atoms with Crippen LogP contribution in [0.4, 0.5) is 0 Å². The minimum absolute atomic E-state index is 0.0466. The Morgan fingerprint density at radius 1 is 1.39 bits per heavy atom. The van der Waals surface area contributed by atoms with Crippen molar-refractivity contribution in [3.05, 3.63) is 47.9 Å². The fraction of sp³-hybridized carbons (Fsp3) is 0.143. The molecule has 0 atom stereocenters. The van der Waals surface area contributed by atoms with Crippen LogP contribution in [0.2, 0.25) is 0 Å². The molecule has 3 rings (SSSR count). The molecule has 0 amide bonds. The molecule has 0 fully saturated rings. The topological polar surface area (TPSA) is 54.6 Å². The molecule has 18 heavy (non-hydrogen) atoms. The Labute approximate surface area is 104 Å². The van der Waals surface area contributed by atoms with E-state index in [2.05, 4.69) is 4.98 Å². The number of carbonyl (C=O) groups is 1. The van der Waals surface area contributed by atoms with Crippen molar-refractivity contribution in [2.75, 3.05) is 0 Å². The van der Waals surface area contributed by atoms with Crippen molar-refractivity contribution in [1.29, 1.82) is 0 Å². The van der Waals surface area contributed by atoms with Gasteiger partial charge < -0.3 is 9.51 Å². The number of carboxylic acid groups (broad SMARTS) is 1. The van der Waals surface area contributed by atoms with Crippen molar-refractivity contribution in [3.63, 3.8) is 0 Å². The zero-order valence-corrected chi connectivity index (χ0v) is 9.92. The van der Waals surface area contributed by atoms with E-state index in [1.54, 1.807) is 6.20 Å². The highest BCUT2D eigenvalue weighted by molar-refractivity contribution is 5.96. The number of aryl methyl sites for hydroxylation is 1. The molecule has 2 aromatic heterocycles. The third kappa shape index (κ3) is 1.62. The highest BCUT2D eigenvalue weighted by Crippen LogP contribution is 2.23. The zero-order valence-electron chi connectivity index (χ0n) is 9.92. The van der Waals surface area contributed by atoms with E-state index in [4.69, 9.17) is 5.11 Å². The summed E-state index contributed by atoms with van der Waals surface area (Å²) < 4.78 is 1.88. The lowest BCUT2D eigenvalue weighted by atomic mass is 10.1. The lowest BCUT2D eigenvalue weighted by molar-refractivity contribution is -0.136. The molecule has 3 aromatic rings. The Balaban J connectivity index is 2.32. The average Bonchev–Trinajstić information content (AvgIpc) is 2.70. The van der Waals surface area contributed by atoms with Gasteiger partial charge in [-0.25, -0.2) is 4.98 Å². The highest BCUT2D eigenvalue weighted by Gasteiger charge is 2.09. The van der Waals surface area contributed by atoms with E-state index < -0.39 is 5.97 Å². The molecule has 0 radical (unpaired) electrons. The van der Waals surface area contributed by atoms with Gasteiger partial charge in [0.05, 0.1) is 12.1 Å². The van der Waals surface area contributed by atoms with Crippen LogP contribution in [0.25, 0.3) is 16.4 Å². The van der Waals surface area contributed by atoms with E-state index in [0.717, 1.165) is 22.0 Å². The Bertz CT molecular complexity index is 759. The number of fused-ring (bicyclic) bond motifs is 3. The van der Waals surface area contributed by atoms with Gasteiger partial charge in [0.2, 0.25) is 0 Å². The van der Waals surface area contributed by atoms with Crippen LogP contribution in [-0.4, -0.2) is 20.5 Å². The third-order valence-corrected chi connectivity index (χ3v) is 3.06. The summed E-state index contributed by atoms with van der Waals surface area (Å²) in [5.41, 5.74) is 2.55. The molecule has 4 nitrogen and oxygen atoms in total. The van der Waals surface area contributed by atoms with Crippen LogP contribution < -0.4 is 0 Å². The first-order valence-electron chi connectivity index (χ1n) is 5.73. The number of carboxylic acids is 1. The number of hydrogen-bond donors (Lipinski definition) is 1. The number of rotatable bonds is 2. The van der Waals surface area contributed by atoms with Crippen molar-refractivity contribution in [3.8, 4) is 0 Å². The second-order valence-electron chi connectivity index (χ2n) is 4.39. The van der Waals surface area contributed by atoms with Gasteiger partial charge in [0, 0.05) is 17.8 Å². The second kappa shape index (κ2) is 3.84. The monoisotopic (exact) mass is 240 g/mol. The number of benzene rings is 1. The predicted octanol–water partition coefficient (Wildman–Crippen LogP) is 2.42. The van der Waals surface area contributed by atoms with Crippen molar-refractivity contribution < 1.29 is 9.90 Å². The molecule has 1 aromatic carbocycles. The van der Waals surface area contributed by atoms with Gasteiger partial charge in [-0.2, -0.15) is 0 Å². The number of nitrogens with zero attached hydrogens (tertiary/aromatic N) is 2. The van der Waals surface area contributed by atoms with Gasteiger partial charge in [-0.15, -0.1) is 0 Å². The van der Waals surface area contributed by atoms with Crippen LogP contribution in [0.3, 0.4) is 0 Å². The Morgan fingerprint density at radius 3 is 3.00 bits per heavy atom. The maximum absolute atomic E-state index is 10.7. The first-order valence-corrected chi connectivity index (χ1v) is 5.73. The summed E-state index contributed by atoms with van der Waals surface area (Å²) >= 11 is 0. The molecule has 0 aliphatic carbocycles. The third-order valence-electron chi connectivity index (χ3n) is 3.06. The molecule has 0 aliphatic heterocycles. The summed E-state index contributed by atoms with van der Waals surface area (Å²) in [5.74, 6) is -0.862. The standard InChI is InChI=1S/C14H12N2O2/c1-9-3-2-4-10-5-6-16-8-11(7-12(17)18)15-14(16)13(9)10/h2-6,8H,7H2,1H3,(H,17,18). The van der Waals surface area contributed by atoms with Crippen molar-refractivity contribution in [2.24, 2.45) is 0 Å². The van der Waals surface area contributed by atoms with Crippen molar-refractivity contribution in [1.82, 2.24) is 9.38 Å². The predicted molar refractivity (Wildman–Crippen MR) is 68.8 cm³/mol. The van der Waals surface area contributed by atoms with Crippen molar-refractivity contribution in [2.45, 2.75) is 13.3 Å². The SMILES string of the molecule is Cc1cccc2ccn3cc(CC(=O)O)nc3c12. The van der Waals surface area contributed by atoms with Crippen LogP contribution in [0, 0.1) is 6.92 Å². The lowest BCUT2D eigenvalue weighted by Gasteiger charge is -2.03. The van der Waals surface area contributed by atoms with E-state index in [-0.39, 0.29) is 6.42 Å². The highest BCUT2D eigenvalue weighted by atomic mass is 16.4. The number of pyridine rings is 1. The van der Waals surface area contributed by atoms with E-state index >= 15 is 0 Å². The number of aliphatic carboxylic acids is 1. The molecule has 0 bridgehead atoms. The molecule has 90 valence electrons. The molecule has 0 saturated carbocycles. The summed E-state index contributed by atoms with van der Waals surface area (Å²) in [4.78, 5) is 15.2. The minimum Gasteiger partial charge on any atom is -0.481 e. The molecule has 0 unspecified atom stereocenters. The molecule has 4 heteroatoms. The number of aromatic nitrogens is 2. The molecule has 2 heterocycles. The van der Waals surface area contributed by atoms with E-state index in [9.17, 15) is 4.79 Å². The Morgan fingerprint density at radius 2 is 2.22 bits per heavy atom.